The molecule has 0 atom stereocenters. The first-order valence-corrected chi connectivity index (χ1v) is 17.4. The maximum absolute atomic E-state index is 6.27. The molecule has 0 radical (unpaired) electrons. The fourth-order valence-electron chi connectivity index (χ4n) is 8.15. The van der Waals surface area contributed by atoms with Crippen LogP contribution in [0.25, 0.3) is 99.2 Å². The molecule has 3 heterocycles. The van der Waals surface area contributed by atoms with Crippen LogP contribution in [0.15, 0.2) is 186 Å². The Kier molecular flexibility index (Phi) is 5.96. The van der Waals surface area contributed by atoms with Crippen LogP contribution in [0.4, 0.5) is 0 Å². The zero-order valence-corrected chi connectivity index (χ0v) is 27.6. The molecule has 0 aliphatic heterocycles. The molecule has 51 heavy (non-hydrogen) atoms. The smallest absolute Gasteiger partial charge is 0.136 e. The van der Waals surface area contributed by atoms with Gasteiger partial charge < -0.3 is 13.6 Å². The normalized spacial score (nSPS) is 11.9. The molecule has 3 nitrogen and oxygen atoms in total. The molecule has 0 N–H and O–H groups in total. The van der Waals surface area contributed by atoms with Gasteiger partial charge in [0.05, 0.1) is 22.1 Å². The Bertz CT molecular complexity index is 3070. The van der Waals surface area contributed by atoms with Crippen molar-refractivity contribution in [3.63, 3.8) is 0 Å². The van der Waals surface area contributed by atoms with Gasteiger partial charge in [0.1, 0.15) is 11.2 Å². The van der Waals surface area contributed by atoms with E-state index >= 15 is 0 Å². The molecule has 0 saturated heterocycles. The lowest BCUT2D eigenvalue weighted by atomic mass is 10.00. The first kappa shape index (κ1) is 28.0. The van der Waals surface area contributed by atoms with E-state index < -0.39 is 0 Å². The van der Waals surface area contributed by atoms with E-state index in [9.17, 15) is 0 Å². The summed E-state index contributed by atoms with van der Waals surface area (Å²) in [4.78, 5) is 0. The van der Waals surface area contributed by atoms with Gasteiger partial charge >= 0.3 is 0 Å². The number of fused-ring (bicyclic) bond motifs is 9. The maximum atomic E-state index is 6.27. The monoisotopic (exact) mass is 650 g/mol. The summed E-state index contributed by atoms with van der Waals surface area (Å²) >= 11 is 0. The van der Waals surface area contributed by atoms with Crippen LogP contribution < -0.4 is 0 Å². The Morgan fingerprint density at radius 1 is 0.275 bits per heavy atom. The summed E-state index contributed by atoms with van der Waals surface area (Å²) in [6, 6.07) is 65.5. The minimum absolute atomic E-state index is 0.919. The third-order valence-electron chi connectivity index (χ3n) is 10.5. The highest BCUT2D eigenvalue weighted by Gasteiger charge is 2.17. The van der Waals surface area contributed by atoms with Crippen molar-refractivity contribution in [2.75, 3.05) is 0 Å². The van der Waals surface area contributed by atoms with E-state index in [1.54, 1.807) is 0 Å². The summed E-state index contributed by atoms with van der Waals surface area (Å²) in [7, 11) is 0. The average Bonchev–Trinajstić information content (AvgIpc) is 3.84. The molecule has 0 saturated carbocycles. The predicted octanol–water partition coefficient (Wildman–Crippen LogP) is 13.1. The van der Waals surface area contributed by atoms with Crippen LogP contribution in [-0.2, 0) is 0 Å². The fourth-order valence-corrected chi connectivity index (χ4v) is 8.15. The van der Waals surface area contributed by atoms with Gasteiger partial charge in [-0.15, -0.1) is 0 Å². The lowest BCUT2D eigenvalue weighted by Gasteiger charge is -2.11. The number of para-hydroxylation sites is 4. The lowest BCUT2D eigenvalue weighted by molar-refractivity contribution is 0.669. The minimum atomic E-state index is 0.919. The molecule has 0 unspecified atom stereocenters. The molecule has 0 fully saturated rings. The molecular weight excluding hydrogens is 621 g/mol. The van der Waals surface area contributed by atoms with E-state index in [4.69, 9.17) is 4.42 Å². The number of nitrogens with zero attached hydrogens (tertiary/aromatic N) is 2. The van der Waals surface area contributed by atoms with Crippen LogP contribution in [0, 0.1) is 0 Å². The minimum Gasteiger partial charge on any atom is -0.456 e. The van der Waals surface area contributed by atoms with Crippen molar-refractivity contribution < 1.29 is 4.42 Å². The van der Waals surface area contributed by atoms with Gasteiger partial charge in [-0.2, -0.15) is 0 Å². The number of rotatable bonds is 4. The van der Waals surface area contributed by atoms with Gasteiger partial charge in [-0.25, -0.2) is 0 Å². The number of benzene rings is 8. The highest BCUT2D eigenvalue weighted by Crippen LogP contribution is 2.39. The molecule has 0 amide bonds. The van der Waals surface area contributed by atoms with Crippen molar-refractivity contribution in [2.24, 2.45) is 0 Å². The Morgan fingerprint density at radius 3 is 1.43 bits per heavy atom. The Labute approximate surface area is 293 Å². The largest absolute Gasteiger partial charge is 0.456 e. The number of aromatic nitrogens is 2. The van der Waals surface area contributed by atoms with Gasteiger partial charge in [-0.05, 0) is 82.9 Å². The SMILES string of the molecule is c1cc(-c2ccc(-c3ccc(-n4c5ccccc5c5cc6oc7ccccc7c6cc54)cc3)cc2)cc(-n2c3ccccc3c3ccccc32)c1. The van der Waals surface area contributed by atoms with Gasteiger partial charge in [-0.1, -0.05) is 121 Å². The summed E-state index contributed by atoms with van der Waals surface area (Å²) < 4.78 is 11.0. The Hall–Kier alpha value is -6.84. The van der Waals surface area contributed by atoms with Crippen molar-refractivity contribution in [3.8, 4) is 33.6 Å². The van der Waals surface area contributed by atoms with Crippen molar-refractivity contribution >= 4 is 65.6 Å². The summed E-state index contributed by atoms with van der Waals surface area (Å²) in [5.41, 5.74) is 13.7. The van der Waals surface area contributed by atoms with Gasteiger partial charge in [0.2, 0.25) is 0 Å². The zero-order chi connectivity index (χ0) is 33.5. The van der Waals surface area contributed by atoms with Crippen molar-refractivity contribution in [1.82, 2.24) is 9.13 Å². The van der Waals surface area contributed by atoms with Gasteiger partial charge in [0.15, 0.2) is 0 Å². The van der Waals surface area contributed by atoms with Crippen molar-refractivity contribution in [3.05, 3.63) is 182 Å². The van der Waals surface area contributed by atoms with Gasteiger partial charge in [-0.3, -0.25) is 0 Å². The fraction of sp³-hybridized carbons (Fsp3) is 0. The highest BCUT2D eigenvalue weighted by atomic mass is 16.3. The summed E-state index contributed by atoms with van der Waals surface area (Å²) in [6.07, 6.45) is 0. The van der Waals surface area contributed by atoms with Crippen molar-refractivity contribution in [2.45, 2.75) is 0 Å². The standard InChI is InChI=1S/C48H30N2O/c1-5-16-43-37(12-1)38-13-2-6-17-44(38)50(43)36-11-9-10-34(28-36)33-22-20-31(21-23-33)32-24-26-35(27-25-32)49-45-18-7-3-14-39(45)41-30-48-42(29-46(41)49)40-15-4-8-19-47(40)51-48/h1-30H. The topological polar surface area (TPSA) is 23.0 Å². The number of hydrogen-bond donors (Lipinski definition) is 0. The second kappa shape index (κ2) is 10.8. The molecule has 0 spiro atoms. The average molecular weight is 651 g/mol. The van der Waals surface area contributed by atoms with Crippen LogP contribution >= 0.6 is 0 Å². The zero-order valence-electron chi connectivity index (χ0n) is 27.6. The van der Waals surface area contributed by atoms with E-state index in [2.05, 4.69) is 179 Å². The summed E-state index contributed by atoms with van der Waals surface area (Å²) in [6.45, 7) is 0. The van der Waals surface area contributed by atoms with Crippen LogP contribution in [0.2, 0.25) is 0 Å². The van der Waals surface area contributed by atoms with E-state index in [0.29, 0.717) is 0 Å². The summed E-state index contributed by atoms with van der Waals surface area (Å²) in [5.74, 6) is 0. The van der Waals surface area contributed by atoms with E-state index in [-0.39, 0.29) is 0 Å². The summed E-state index contributed by atoms with van der Waals surface area (Å²) in [5, 5.41) is 7.24. The molecule has 11 rings (SSSR count). The molecule has 0 aliphatic rings. The van der Waals surface area contributed by atoms with Crippen LogP contribution in [-0.4, -0.2) is 9.13 Å². The quantitative estimate of drug-likeness (QED) is 0.186. The van der Waals surface area contributed by atoms with Gasteiger partial charge in [0, 0.05) is 43.7 Å². The molecule has 11 aromatic rings. The predicted molar refractivity (Wildman–Crippen MR) is 213 cm³/mol. The van der Waals surface area contributed by atoms with Crippen LogP contribution in [0.3, 0.4) is 0 Å². The lowest BCUT2D eigenvalue weighted by Crippen LogP contribution is -1.94. The second-order valence-corrected chi connectivity index (χ2v) is 13.4. The van der Waals surface area contributed by atoms with E-state index in [1.165, 1.54) is 65.9 Å². The number of hydrogen-bond acceptors (Lipinski definition) is 1. The third kappa shape index (κ3) is 4.25. The van der Waals surface area contributed by atoms with Crippen LogP contribution in [0.1, 0.15) is 0 Å². The Morgan fingerprint density at radius 2 is 0.784 bits per heavy atom. The van der Waals surface area contributed by atoms with E-state index in [1.807, 2.05) is 12.1 Å². The Balaban J connectivity index is 0.955. The van der Waals surface area contributed by atoms with Gasteiger partial charge in [0.25, 0.3) is 0 Å². The molecular formula is C48H30N2O. The van der Waals surface area contributed by atoms with Crippen LogP contribution in [0.5, 0.6) is 0 Å². The first-order valence-electron chi connectivity index (χ1n) is 17.4. The third-order valence-corrected chi connectivity index (χ3v) is 10.5. The molecule has 0 bridgehead atoms. The van der Waals surface area contributed by atoms with Crippen molar-refractivity contribution in [1.29, 1.82) is 0 Å². The molecule has 0 aliphatic carbocycles. The first-order chi connectivity index (χ1) is 25.3. The second-order valence-electron chi connectivity index (χ2n) is 13.4. The molecule has 8 aromatic carbocycles. The van der Waals surface area contributed by atoms with E-state index in [0.717, 1.165) is 33.3 Å². The molecule has 3 heteroatoms. The highest BCUT2D eigenvalue weighted by molar-refractivity contribution is 6.17. The molecule has 3 aromatic heterocycles. The maximum Gasteiger partial charge on any atom is 0.136 e. The number of furan rings is 1. The molecule has 238 valence electrons.